The molecule has 3 aliphatic rings. The predicted molar refractivity (Wildman–Crippen MR) is 147 cm³/mol. The zero-order valence-corrected chi connectivity index (χ0v) is 22.7. The second-order valence-electron chi connectivity index (χ2n) is 10.1. The molecule has 0 radical (unpaired) electrons. The summed E-state index contributed by atoms with van der Waals surface area (Å²) < 4.78 is 38.7. The highest BCUT2D eigenvalue weighted by Gasteiger charge is 2.55. The molecule has 0 bridgehead atoms. The lowest BCUT2D eigenvalue weighted by Gasteiger charge is -2.42. The highest BCUT2D eigenvalue weighted by atomic mass is 32.2. The Morgan fingerprint density at radius 2 is 1.57 bits per heavy atom. The number of nitrogens with zero attached hydrogens (tertiary/aromatic N) is 3. The summed E-state index contributed by atoms with van der Waals surface area (Å²) in [6, 6.07) is 23.4. The van der Waals surface area contributed by atoms with Crippen LogP contribution in [-0.2, 0) is 26.2 Å². The second kappa shape index (κ2) is 10.5. The standard InChI is InChI=1S/C29H30N4O6S/c34-27(30-18-22-11-12-25-26(17-22)39-21-38-25)19-31-20-33(23-7-3-1-4-8-23)29(28(31)35)13-15-32(16-14-29)40(36,37)24-9-5-2-6-10-24/h1-12,17H,13-16,18-21H2,(H,30,34). The summed E-state index contributed by atoms with van der Waals surface area (Å²) in [5.74, 6) is 0.876. The third kappa shape index (κ3) is 4.75. The molecule has 0 unspecified atom stereocenters. The van der Waals surface area contributed by atoms with Crippen molar-refractivity contribution in [2.45, 2.75) is 29.8 Å². The maximum absolute atomic E-state index is 13.9. The van der Waals surface area contributed by atoms with Crippen LogP contribution in [0.1, 0.15) is 18.4 Å². The maximum Gasteiger partial charge on any atom is 0.250 e. The van der Waals surface area contributed by atoms with Gasteiger partial charge in [-0.3, -0.25) is 9.59 Å². The molecule has 1 N–H and O–H groups in total. The van der Waals surface area contributed by atoms with Crippen LogP contribution in [0.5, 0.6) is 11.5 Å². The first-order valence-corrected chi connectivity index (χ1v) is 14.6. The zero-order valence-electron chi connectivity index (χ0n) is 21.9. The lowest BCUT2D eigenvalue weighted by atomic mass is 9.86. The van der Waals surface area contributed by atoms with Crippen molar-refractivity contribution < 1.29 is 27.5 Å². The number of fused-ring (bicyclic) bond motifs is 1. The van der Waals surface area contributed by atoms with E-state index in [2.05, 4.69) is 5.32 Å². The Kier molecular flexibility index (Phi) is 6.85. The third-order valence-electron chi connectivity index (χ3n) is 7.77. The van der Waals surface area contributed by atoms with Gasteiger partial charge < -0.3 is 24.6 Å². The number of piperidine rings is 1. The van der Waals surface area contributed by atoms with Crippen molar-refractivity contribution in [2.75, 3.05) is 38.0 Å². The van der Waals surface area contributed by atoms with Gasteiger partial charge in [0.1, 0.15) is 12.1 Å². The van der Waals surface area contributed by atoms with Gasteiger partial charge in [-0.2, -0.15) is 4.31 Å². The van der Waals surface area contributed by atoms with E-state index in [1.165, 1.54) is 4.31 Å². The van der Waals surface area contributed by atoms with E-state index in [-0.39, 0.29) is 56.4 Å². The molecule has 208 valence electrons. The fourth-order valence-electron chi connectivity index (χ4n) is 5.64. The van der Waals surface area contributed by atoms with E-state index >= 15 is 0 Å². The Bertz CT molecular complexity index is 1510. The molecule has 0 aliphatic carbocycles. The molecule has 6 rings (SSSR count). The quantitative estimate of drug-likeness (QED) is 0.472. The molecule has 0 aromatic heterocycles. The topological polar surface area (TPSA) is 108 Å². The van der Waals surface area contributed by atoms with Gasteiger partial charge in [-0.25, -0.2) is 8.42 Å². The highest BCUT2D eigenvalue weighted by molar-refractivity contribution is 7.89. The second-order valence-corrected chi connectivity index (χ2v) is 12.1. The van der Waals surface area contributed by atoms with Crippen LogP contribution in [0, 0.1) is 0 Å². The molecule has 11 heteroatoms. The van der Waals surface area contributed by atoms with Crippen LogP contribution in [0.15, 0.2) is 83.8 Å². The van der Waals surface area contributed by atoms with Crippen molar-refractivity contribution >= 4 is 27.5 Å². The summed E-state index contributed by atoms with van der Waals surface area (Å²) in [5.41, 5.74) is 0.792. The lowest BCUT2D eigenvalue weighted by molar-refractivity contribution is -0.137. The number of amides is 2. The number of hydrogen-bond donors (Lipinski definition) is 1. The number of rotatable bonds is 7. The molecule has 1 spiro atoms. The third-order valence-corrected chi connectivity index (χ3v) is 9.69. The van der Waals surface area contributed by atoms with Crippen molar-refractivity contribution in [3.63, 3.8) is 0 Å². The number of ether oxygens (including phenoxy) is 2. The molecule has 0 atom stereocenters. The first kappa shape index (κ1) is 26.1. The van der Waals surface area contributed by atoms with Crippen LogP contribution in [0.3, 0.4) is 0 Å². The van der Waals surface area contributed by atoms with E-state index in [1.54, 1.807) is 41.3 Å². The smallest absolute Gasteiger partial charge is 0.250 e. The molecule has 40 heavy (non-hydrogen) atoms. The molecular formula is C29H30N4O6S. The summed E-state index contributed by atoms with van der Waals surface area (Å²) in [5, 5.41) is 2.89. The van der Waals surface area contributed by atoms with Crippen LogP contribution in [-0.4, -0.2) is 68.1 Å². The zero-order chi connectivity index (χ0) is 27.7. The average Bonchev–Trinajstić information content (AvgIpc) is 3.56. The Hall–Kier alpha value is -4.09. The van der Waals surface area contributed by atoms with Crippen molar-refractivity contribution in [1.82, 2.24) is 14.5 Å². The molecule has 2 saturated heterocycles. The Labute approximate surface area is 233 Å². The van der Waals surface area contributed by atoms with E-state index in [0.717, 1.165) is 11.3 Å². The maximum atomic E-state index is 13.9. The van der Waals surface area contributed by atoms with E-state index in [4.69, 9.17) is 9.47 Å². The fourth-order valence-corrected chi connectivity index (χ4v) is 7.10. The van der Waals surface area contributed by atoms with E-state index in [0.29, 0.717) is 24.3 Å². The van der Waals surface area contributed by atoms with Crippen LogP contribution in [0.4, 0.5) is 5.69 Å². The molecule has 3 aliphatic heterocycles. The Balaban J connectivity index is 1.16. The predicted octanol–water partition coefficient (Wildman–Crippen LogP) is 2.56. The van der Waals surface area contributed by atoms with Crippen LogP contribution >= 0.6 is 0 Å². The lowest BCUT2D eigenvalue weighted by Crippen LogP contribution is -2.57. The molecule has 0 saturated carbocycles. The number of sulfonamides is 1. The SMILES string of the molecule is O=C(CN1CN(c2ccccc2)C2(CCN(S(=O)(=O)c3ccccc3)CC2)C1=O)NCc1ccc2c(c1)OCO2. The van der Waals surface area contributed by atoms with Gasteiger partial charge in [0.15, 0.2) is 11.5 Å². The number of nitrogens with one attached hydrogen (secondary N) is 1. The van der Waals surface area contributed by atoms with Crippen molar-refractivity contribution in [3.05, 3.63) is 84.4 Å². The number of hydrogen-bond acceptors (Lipinski definition) is 7. The number of benzene rings is 3. The molecular weight excluding hydrogens is 532 g/mol. The molecule has 3 aromatic rings. The van der Waals surface area contributed by atoms with Crippen LogP contribution < -0.4 is 19.7 Å². The number of anilines is 1. The van der Waals surface area contributed by atoms with Gasteiger partial charge >= 0.3 is 0 Å². The van der Waals surface area contributed by atoms with Gasteiger partial charge in [-0.1, -0.05) is 42.5 Å². The van der Waals surface area contributed by atoms with E-state index < -0.39 is 15.6 Å². The van der Waals surface area contributed by atoms with Gasteiger partial charge in [0, 0.05) is 25.3 Å². The molecule has 3 aromatic carbocycles. The minimum absolute atomic E-state index is 0.0967. The van der Waals surface area contributed by atoms with Gasteiger partial charge in [0.05, 0.1) is 11.6 Å². The normalized spacial score (nSPS) is 18.4. The summed E-state index contributed by atoms with van der Waals surface area (Å²) in [6.45, 7) is 1.02. The monoisotopic (exact) mass is 562 g/mol. The highest BCUT2D eigenvalue weighted by Crippen LogP contribution is 2.40. The van der Waals surface area contributed by atoms with Crippen LogP contribution in [0.25, 0.3) is 0 Å². The molecule has 10 nitrogen and oxygen atoms in total. The van der Waals surface area contributed by atoms with E-state index in [9.17, 15) is 18.0 Å². The number of carbonyl (C=O) groups is 2. The van der Waals surface area contributed by atoms with Gasteiger partial charge in [-0.15, -0.1) is 0 Å². The fraction of sp³-hybridized carbons (Fsp3) is 0.310. The van der Waals surface area contributed by atoms with Gasteiger partial charge in [0.2, 0.25) is 28.6 Å². The summed E-state index contributed by atoms with van der Waals surface area (Å²) in [7, 11) is -3.67. The minimum atomic E-state index is -3.67. The summed E-state index contributed by atoms with van der Waals surface area (Å²) in [4.78, 5) is 30.7. The number of carbonyl (C=O) groups excluding carboxylic acids is 2. The van der Waals surface area contributed by atoms with Gasteiger partial charge in [-0.05, 0) is 54.8 Å². The van der Waals surface area contributed by atoms with Crippen LogP contribution in [0.2, 0.25) is 0 Å². The number of para-hydroxylation sites is 1. The molecule has 2 amide bonds. The van der Waals surface area contributed by atoms with Gasteiger partial charge in [0.25, 0.3) is 0 Å². The summed E-state index contributed by atoms with van der Waals surface area (Å²) >= 11 is 0. The summed E-state index contributed by atoms with van der Waals surface area (Å²) in [6.07, 6.45) is 0.643. The largest absolute Gasteiger partial charge is 0.454 e. The minimum Gasteiger partial charge on any atom is -0.454 e. The Morgan fingerprint density at radius 1 is 0.900 bits per heavy atom. The van der Waals surface area contributed by atoms with E-state index in [1.807, 2.05) is 47.4 Å². The van der Waals surface area contributed by atoms with Crippen molar-refractivity contribution in [1.29, 1.82) is 0 Å². The van der Waals surface area contributed by atoms with Crippen molar-refractivity contribution in [2.24, 2.45) is 0 Å². The molecule has 2 fully saturated rings. The van der Waals surface area contributed by atoms with Crippen molar-refractivity contribution in [3.8, 4) is 11.5 Å². The molecule has 3 heterocycles. The first-order valence-electron chi connectivity index (χ1n) is 13.2. The first-order chi connectivity index (χ1) is 19.4. The Morgan fingerprint density at radius 3 is 2.30 bits per heavy atom. The average molecular weight is 563 g/mol.